The number of benzene rings is 3. The van der Waals surface area contributed by atoms with Crippen molar-refractivity contribution in [2.24, 2.45) is 0 Å². The number of carbonyl (C=O) groups is 3. The number of urea groups is 1. The van der Waals surface area contributed by atoms with E-state index >= 15 is 0 Å². The van der Waals surface area contributed by atoms with Gasteiger partial charge in [0, 0.05) is 10.6 Å². The van der Waals surface area contributed by atoms with Crippen LogP contribution in [0.3, 0.4) is 0 Å². The number of methoxy groups -OCH3 is 1. The highest BCUT2D eigenvalue weighted by molar-refractivity contribution is 9.10. The molecule has 0 aromatic heterocycles. The number of hydrogen-bond donors (Lipinski definition) is 1. The largest absolute Gasteiger partial charge is 0.493 e. The van der Waals surface area contributed by atoms with Gasteiger partial charge in [0.1, 0.15) is 12.2 Å². The molecule has 0 aliphatic carbocycles. The average molecular weight is 570 g/mol. The van der Waals surface area contributed by atoms with Crippen LogP contribution in [0.15, 0.2) is 70.7 Å². The standard InChI is InChI=1S/C27H22BrClN2O5/c1-3-16-8-10-19(11-9-16)31-26(33)20(25(32)30-27(31)34)12-17-13-21(28)24(23(14-17)35-2)36-15-18-6-4-5-7-22(18)29/h4-14H,3,15H2,1-2H3,(H,30,32,34)/b20-12+. The number of nitrogens with one attached hydrogen (secondary N) is 1. The molecule has 1 fully saturated rings. The predicted octanol–water partition coefficient (Wildman–Crippen LogP) is 5.92. The summed E-state index contributed by atoms with van der Waals surface area (Å²) in [5.74, 6) is -0.676. The molecule has 1 aliphatic rings. The lowest BCUT2D eigenvalue weighted by atomic mass is 10.1. The van der Waals surface area contributed by atoms with Gasteiger partial charge in [-0.25, -0.2) is 9.69 Å². The van der Waals surface area contributed by atoms with E-state index in [9.17, 15) is 14.4 Å². The van der Waals surface area contributed by atoms with Gasteiger partial charge in [0.2, 0.25) is 0 Å². The molecule has 4 amide bonds. The summed E-state index contributed by atoms with van der Waals surface area (Å²) in [7, 11) is 1.49. The van der Waals surface area contributed by atoms with Crippen LogP contribution in [-0.4, -0.2) is 25.0 Å². The van der Waals surface area contributed by atoms with Gasteiger partial charge in [-0.15, -0.1) is 0 Å². The van der Waals surface area contributed by atoms with Crippen molar-refractivity contribution in [3.8, 4) is 11.5 Å². The number of amides is 4. The minimum atomic E-state index is -0.798. The molecule has 3 aromatic carbocycles. The van der Waals surface area contributed by atoms with Crippen molar-refractivity contribution in [3.05, 3.63) is 92.4 Å². The Morgan fingerprint density at radius 3 is 2.44 bits per heavy atom. The van der Waals surface area contributed by atoms with Gasteiger partial charge in [-0.05, 0) is 69.9 Å². The Hall–Kier alpha value is -3.62. The molecule has 1 aliphatic heterocycles. The maximum atomic E-state index is 13.2. The summed E-state index contributed by atoms with van der Waals surface area (Å²) in [6.45, 7) is 2.22. The molecule has 36 heavy (non-hydrogen) atoms. The lowest BCUT2D eigenvalue weighted by Gasteiger charge is -2.26. The molecule has 184 valence electrons. The second-order valence-electron chi connectivity index (χ2n) is 7.89. The Balaban J connectivity index is 1.64. The molecule has 7 nitrogen and oxygen atoms in total. The van der Waals surface area contributed by atoms with Crippen LogP contribution in [0, 0.1) is 0 Å². The normalized spacial score (nSPS) is 14.7. The Morgan fingerprint density at radius 1 is 1.06 bits per heavy atom. The van der Waals surface area contributed by atoms with Gasteiger partial charge in [-0.3, -0.25) is 14.9 Å². The zero-order valence-corrected chi connectivity index (χ0v) is 21.9. The first-order chi connectivity index (χ1) is 17.3. The Kier molecular flexibility index (Phi) is 7.76. The monoisotopic (exact) mass is 568 g/mol. The van der Waals surface area contributed by atoms with Crippen LogP contribution < -0.4 is 19.7 Å². The van der Waals surface area contributed by atoms with E-state index < -0.39 is 17.8 Å². The molecule has 0 radical (unpaired) electrons. The number of rotatable bonds is 7. The Labute approximate surface area is 221 Å². The fourth-order valence-corrected chi connectivity index (χ4v) is 4.43. The van der Waals surface area contributed by atoms with Gasteiger partial charge in [0.25, 0.3) is 11.8 Å². The van der Waals surface area contributed by atoms with E-state index in [0.29, 0.717) is 32.2 Å². The number of ether oxygens (including phenoxy) is 2. The molecular weight excluding hydrogens is 548 g/mol. The first-order valence-electron chi connectivity index (χ1n) is 11.1. The number of imide groups is 2. The highest BCUT2D eigenvalue weighted by Gasteiger charge is 2.36. The third-order valence-electron chi connectivity index (χ3n) is 5.60. The van der Waals surface area contributed by atoms with Gasteiger partial charge < -0.3 is 9.47 Å². The summed E-state index contributed by atoms with van der Waals surface area (Å²) in [6, 6.07) is 16.9. The van der Waals surface area contributed by atoms with Gasteiger partial charge in [-0.1, -0.05) is 48.9 Å². The summed E-state index contributed by atoms with van der Waals surface area (Å²) < 4.78 is 12.0. The molecule has 0 unspecified atom stereocenters. The molecular formula is C27H22BrClN2O5. The molecule has 0 saturated carbocycles. The average Bonchev–Trinajstić information content (AvgIpc) is 2.86. The zero-order valence-electron chi connectivity index (χ0n) is 19.5. The smallest absolute Gasteiger partial charge is 0.335 e. The van der Waals surface area contributed by atoms with Crippen molar-refractivity contribution >= 4 is 57.1 Å². The Morgan fingerprint density at radius 2 is 1.78 bits per heavy atom. The topological polar surface area (TPSA) is 84.9 Å². The summed E-state index contributed by atoms with van der Waals surface area (Å²) in [5.41, 5.74) is 2.55. The van der Waals surface area contributed by atoms with E-state index in [1.807, 2.05) is 37.3 Å². The number of carbonyl (C=O) groups excluding carboxylic acids is 3. The van der Waals surface area contributed by atoms with Gasteiger partial charge >= 0.3 is 6.03 Å². The van der Waals surface area contributed by atoms with Crippen LogP contribution in [0.1, 0.15) is 23.6 Å². The van der Waals surface area contributed by atoms with Crippen LogP contribution in [0.4, 0.5) is 10.5 Å². The van der Waals surface area contributed by atoms with Crippen LogP contribution in [0.25, 0.3) is 6.08 Å². The molecule has 1 N–H and O–H groups in total. The fraction of sp³-hybridized carbons (Fsp3) is 0.148. The predicted molar refractivity (Wildman–Crippen MR) is 141 cm³/mol. The van der Waals surface area contributed by atoms with E-state index in [4.69, 9.17) is 21.1 Å². The maximum absolute atomic E-state index is 13.2. The van der Waals surface area contributed by atoms with Crippen molar-refractivity contribution in [1.29, 1.82) is 0 Å². The van der Waals surface area contributed by atoms with Crippen LogP contribution in [0.2, 0.25) is 5.02 Å². The summed E-state index contributed by atoms with van der Waals surface area (Å²) >= 11 is 9.70. The van der Waals surface area contributed by atoms with E-state index in [0.717, 1.165) is 22.4 Å². The second-order valence-corrected chi connectivity index (χ2v) is 9.15. The molecule has 4 rings (SSSR count). The number of nitrogens with zero attached hydrogens (tertiary/aromatic N) is 1. The molecule has 0 spiro atoms. The van der Waals surface area contributed by atoms with E-state index in [2.05, 4.69) is 21.2 Å². The third-order valence-corrected chi connectivity index (χ3v) is 6.55. The van der Waals surface area contributed by atoms with Gasteiger partial charge in [0.05, 0.1) is 17.3 Å². The van der Waals surface area contributed by atoms with Gasteiger partial charge in [-0.2, -0.15) is 0 Å². The molecule has 1 saturated heterocycles. The van der Waals surface area contributed by atoms with Crippen molar-refractivity contribution in [3.63, 3.8) is 0 Å². The van der Waals surface area contributed by atoms with E-state index in [1.165, 1.54) is 13.2 Å². The molecule has 9 heteroatoms. The van der Waals surface area contributed by atoms with Crippen molar-refractivity contribution < 1.29 is 23.9 Å². The summed E-state index contributed by atoms with van der Waals surface area (Å²) in [4.78, 5) is 39.2. The summed E-state index contributed by atoms with van der Waals surface area (Å²) in [5, 5.41) is 2.82. The number of anilines is 1. The van der Waals surface area contributed by atoms with Crippen LogP contribution in [0.5, 0.6) is 11.5 Å². The van der Waals surface area contributed by atoms with Crippen LogP contribution >= 0.6 is 27.5 Å². The fourth-order valence-electron chi connectivity index (χ4n) is 3.67. The second kappa shape index (κ2) is 11.0. The number of barbiturate groups is 1. The molecule has 1 heterocycles. The lowest BCUT2D eigenvalue weighted by Crippen LogP contribution is -2.54. The zero-order chi connectivity index (χ0) is 25.8. The number of aryl methyl sites for hydroxylation is 1. The SMILES string of the molecule is CCc1ccc(N2C(=O)NC(=O)/C(=C\c3cc(Br)c(OCc4ccccc4Cl)c(OC)c3)C2=O)cc1. The quantitative estimate of drug-likeness (QED) is 0.282. The van der Waals surface area contributed by atoms with Crippen molar-refractivity contribution in [2.45, 2.75) is 20.0 Å². The number of halogens is 2. The third kappa shape index (κ3) is 5.29. The molecule has 0 atom stereocenters. The van der Waals surface area contributed by atoms with E-state index in [1.54, 1.807) is 30.3 Å². The number of hydrogen-bond acceptors (Lipinski definition) is 5. The first-order valence-corrected chi connectivity index (χ1v) is 12.2. The lowest BCUT2D eigenvalue weighted by molar-refractivity contribution is -0.122. The Bertz CT molecular complexity index is 1370. The molecule has 0 bridgehead atoms. The molecule has 3 aromatic rings. The van der Waals surface area contributed by atoms with Gasteiger partial charge in [0.15, 0.2) is 11.5 Å². The van der Waals surface area contributed by atoms with Crippen molar-refractivity contribution in [2.75, 3.05) is 12.0 Å². The van der Waals surface area contributed by atoms with Crippen molar-refractivity contribution in [1.82, 2.24) is 5.32 Å². The first kappa shape index (κ1) is 25.5. The van der Waals surface area contributed by atoms with E-state index in [-0.39, 0.29) is 12.2 Å². The van der Waals surface area contributed by atoms with Crippen LogP contribution in [-0.2, 0) is 22.6 Å². The highest BCUT2D eigenvalue weighted by Crippen LogP contribution is 2.38. The minimum Gasteiger partial charge on any atom is -0.493 e. The minimum absolute atomic E-state index is 0.187. The highest BCUT2D eigenvalue weighted by atomic mass is 79.9. The maximum Gasteiger partial charge on any atom is 0.335 e. The summed E-state index contributed by atoms with van der Waals surface area (Å²) in [6.07, 6.45) is 2.22.